The standard InChI is InChI=1S/C15H22N4O2S/c1-17-12-9-19(8-11-5-6-11)10-13(12)18(2)22(20,21)14-4-3-7-16-15(14)17/h3-4,7,11-13H,5-6,8-10H2,1-2H3/t12-,13+/m0/s1. The molecule has 0 N–H and O–H groups in total. The number of nitrogens with zero attached hydrogens (tertiary/aromatic N) is 4. The second-order valence-electron chi connectivity index (χ2n) is 6.75. The molecule has 2 aliphatic heterocycles. The third kappa shape index (κ3) is 2.14. The third-order valence-electron chi connectivity index (χ3n) is 5.25. The van der Waals surface area contributed by atoms with Crippen LogP contribution in [0.5, 0.6) is 0 Å². The maximum Gasteiger partial charge on any atom is 0.246 e. The molecule has 0 aromatic carbocycles. The van der Waals surface area contributed by atoms with E-state index < -0.39 is 10.0 Å². The van der Waals surface area contributed by atoms with E-state index in [9.17, 15) is 8.42 Å². The van der Waals surface area contributed by atoms with Crippen molar-refractivity contribution in [2.24, 2.45) is 5.92 Å². The van der Waals surface area contributed by atoms with Crippen LogP contribution in [0.1, 0.15) is 12.8 Å². The van der Waals surface area contributed by atoms with Gasteiger partial charge in [-0.25, -0.2) is 13.4 Å². The van der Waals surface area contributed by atoms with Gasteiger partial charge in [-0.3, -0.25) is 4.90 Å². The zero-order chi connectivity index (χ0) is 15.5. The van der Waals surface area contributed by atoms with Crippen LogP contribution in [0, 0.1) is 5.92 Å². The van der Waals surface area contributed by atoms with Crippen LogP contribution in [0.3, 0.4) is 0 Å². The second kappa shape index (κ2) is 4.91. The Kier molecular flexibility index (Phi) is 3.22. The fraction of sp³-hybridized carbons (Fsp3) is 0.667. The average molecular weight is 322 g/mol. The Labute approximate surface area is 131 Å². The molecule has 3 heterocycles. The molecule has 1 saturated carbocycles. The highest BCUT2D eigenvalue weighted by molar-refractivity contribution is 7.89. The molecule has 1 saturated heterocycles. The fourth-order valence-corrected chi connectivity index (χ4v) is 5.29. The Morgan fingerprint density at radius 3 is 2.68 bits per heavy atom. The normalized spacial score (nSPS) is 31.6. The van der Waals surface area contributed by atoms with Gasteiger partial charge in [-0.05, 0) is 30.9 Å². The Morgan fingerprint density at radius 2 is 1.95 bits per heavy atom. The van der Waals surface area contributed by atoms with Crippen molar-refractivity contribution in [3.8, 4) is 0 Å². The van der Waals surface area contributed by atoms with Crippen molar-refractivity contribution >= 4 is 15.8 Å². The van der Waals surface area contributed by atoms with Gasteiger partial charge in [0.1, 0.15) is 10.7 Å². The molecule has 6 nitrogen and oxygen atoms in total. The molecule has 120 valence electrons. The topological polar surface area (TPSA) is 56.8 Å². The van der Waals surface area contributed by atoms with Gasteiger partial charge in [0.2, 0.25) is 10.0 Å². The van der Waals surface area contributed by atoms with Crippen LogP contribution in [0.2, 0.25) is 0 Å². The van der Waals surface area contributed by atoms with Crippen molar-refractivity contribution in [3.05, 3.63) is 18.3 Å². The minimum absolute atomic E-state index is 0.0112. The van der Waals surface area contributed by atoms with Crippen LogP contribution in [0.15, 0.2) is 23.2 Å². The van der Waals surface area contributed by atoms with Crippen molar-refractivity contribution < 1.29 is 8.42 Å². The van der Waals surface area contributed by atoms with Gasteiger partial charge in [-0.15, -0.1) is 0 Å². The molecule has 1 aromatic rings. The maximum absolute atomic E-state index is 12.9. The first kappa shape index (κ1) is 14.4. The number of fused-ring (bicyclic) bond motifs is 2. The summed E-state index contributed by atoms with van der Waals surface area (Å²) in [7, 11) is 0.205. The van der Waals surface area contributed by atoms with Gasteiger partial charge in [0, 0.05) is 39.9 Å². The van der Waals surface area contributed by atoms with E-state index >= 15 is 0 Å². The fourth-order valence-electron chi connectivity index (χ4n) is 3.74. The lowest BCUT2D eigenvalue weighted by molar-refractivity contribution is 0.295. The van der Waals surface area contributed by atoms with E-state index in [2.05, 4.69) is 14.8 Å². The predicted octanol–water partition coefficient (Wildman–Crippen LogP) is 0.615. The highest BCUT2D eigenvalue weighted by Gasteiger charge is 2.47. The van der Waals surface area contributed by atoms with E-state index in [4.69, 9.17) is 0 Å². The van der Waals surface area contributed by atoms with E-state index in [0.29, 0.717) is 10.7 Å². The first-order chi connectivity index (χ1) is 10.5. The molecule has 4 rings (SSSR count). The minimum atomic E-state index is -3.48. The van der Waals surface area contributed by atoms with Crippen LogP contribution in [0.25, 0.3) is 0 Å². The summed E-state index contributed by atoms with van der Waals surface area (Å²) >= 11 is 0. The monoisotopic (exact) mass is 322 g/mol. The number of rotatable bonds is 2. The second-order valence-corrected chi connectivity index (χ2v) is 8.72. The number of likely N-dealkylation sites (tertiary alicyclic amines) is 1. The van der Waals surface area contributed by atoms with E-state index in [0.717, 1.165) is 25.6 Å². The minimum Gasteiger partial charge on any atom is -0.353 e. The summed E-state index contributed by atoms with van der Waals surface area (Å²) in [5, 5.41) is 0. The van der Waals surface area contributed by atoms with Gasteiger partial charge >= 0.3 is 0 Å². The summed E-state index contributed by atoms with van der Waals surface area (Å²) < 4.78 is 27.4. The van der Waals surface area contributed by atoms with E-state index in [1.54, 1.807) is 29.7 Å². The number of likely N-dealkylation sites (N-methyl/N-ethyl adjacent to an activating group) is 2. The molecule has 0 spiro atoms. The van der Waals surface area contributed by atoms with Crippen molar-refractivity contribution in [1.82, 2.24) is 14.2 Å². The highest BCUT2D eigenvalue weighted by Crippen LogP contribution is 2.37. The van der Waals surface area contributed by atoms with Gasteiger partial charge in [0.25, 0.3) is 0 Å². The van der Waals surface area contributed by atoms with Gasteiger partial charge < -0.3 is 4.90 Å². The molecule has 2 fully saturated rings. The Hall–Kier alpha value is -1.18. The summed E-state index contributed by atoms with van der Waals surface area (Å²) in [5.41, 5.74) is 0. The lowest BCUT2D eigenvalue weighted by Crippen LogP contribution is -2.48. The van der Waals surface area contributed by atoms with Gasteiger partial charge in [0.05, 0.1) is 12.1 Å². The number of pyridine rings is 1. The molecule has 2 atom stereocenters. The predicted molar refractivity (Wildman–Crippen MR) is 84.3 cm³/mol. The number of hydrogen-bond acceptors (Lipinski definition) is 5. The van der Waals surface area contributed by atoms with Gasteiger partial charge in [0.15, 0.2) is 0 Å². The Morgan fingerprint density at radius 1 is 1.23 bits per heavy atom. The molecule has 0 unspecified atom stereocenters. The van der Waals surface area contributed by atoms with Gasteiger partial charge in [-0.1, -0.05) is 0 Å². The molecule has 0 amide bonds. The first-order valence-electron chi connectivity index (χ1n) is 7.86. The molecular formula is C15H22N4O2S. The van der Waals surface area contributed by atoms with E-state index in [-0.39, 0.29) is 12.1 Å². The summed E-state index contributed by atoms with van der Waals surface area (Å²) in [6, 6.07) is 3.50. The van der Waals surface area contributed by atoms with Crippen LogP contribution >= 0.6 is 0 Å². The third-order valence-corrected chi connectivity index (χ3v) is 7.16. The first-order valence-corrected chi connectivity index (χ1v) is 9.30. The number of anilines is 1. The molecule has 3 aliphatic rings. The number of aromatic nitrogens is 1. The van der Waals surface area contributed by atoms with E-state index in [1.807, 2.05) is 7.05 Å². The molecule has 1 aliphatic carbocycles. The summed E-state index contributed by atoms with van der Waals surface area (Å²) in [6.07, 6.45) is 4.31. The van der Waals surface area contributed by atoms with Crippen molar-refractivity contribution in [3.63, 3.8) is 0 Å². The van der Waals surface area contributed by atoms with Crippen molar-refractivity contribution in [2.45, 2.75) is 29.8 Å². The van der Waals surface area contributed by atoms with Crippen LogP contribution in [0.4, 0.5) is 5.82 Å². The van der Waals surface area contributed by atoms with Gasteiger partial charge in [-0.2, -0.15) is 4.31 Å². The molecule has 7 heteroatoms. The molecule has 22 heavy (non-hydrogen) atoms. The summed E-state index contributed by atoms with van der Waals surface area (Å²) in [4.78, 5) is 9.16. The largest absolute Gasteiger partial charge is 0.353 e. The zero-order valence-corrected chi connectivity index (χ0v) is 13.8. The smallest absolute Gasteiger partial charge is 0.246 e. The van der Waals surface area contributed by atoms with Crippen LogP contribution in [-0.4, -0.2) is 68.4 Å². The highest BCUT2D eigenvalue weighted by atomic mass is 32.2. The maximum atomic E-state index is 12.9. The number of sulfonamides is 1. The summed E-state index contributed by atoms with van der Waals surface area (Å²) in [5.74, 6) is 1.40. The average Bonchev–Trinajstić information content (AvgIpc) is 3.23. The molecule has 1 aromatic heterocycles. The molecular weight excluding hydrogens is 300 g/mol. The Bertz CT molecular complexity index is 689. The van der Waals surface area contributed by atoms with Crippen LogP contribution in [-0.2, 0) is 10.0 Å². The summed E-state index contributed by atoms with van der Waals surface area (Å²) in [6.45, 7) is 2.83. The Balaban J connectivity index is 1.73. The van der Waals surface area contributed by atoms with Crippen LogP contribution < -0.4 is 4.90 Å². The molecule has 0 radical (unpaired) electrons. The van der Waals surface area contributed by atoms with Crippen molar-refractivity contribution in [1.29, 1.82) is 0 Å². The quantitative estimate of drug-likeness (QED) is 0.799. The van der Waals surface area contributed by atoms with Crippen molar-refractivity contribution in [2.75, 3.05) is 38.6 Å². The zero-order valence-electron chi connectivity index (χ0n) is 13.0. The van der Waals surface area contributed by atoms with E-state index in [1.165, 1.54) is 12.8 Å². The number of hydrogen-bond donors (Lipinski definition) is 0. The molecule has 0 bridgehead atoms. The SMILES string of the molecule is CN1c2ncccc2S(=O)(=O)N(C)[C@@H]2CN(CC3CC3)C[C@@H]21. The lowest BCUT2D eigenvalue weighted by Gasteiger charge is -2.29. The lowest BCUT2D eigenvalue weighted by atomic mass is 10.1.